The number of amides is 2. The lowest BCUT2D eigenvalue weighted by Crippen LogP contribution is -2.38. The largest absolute Gasteiger partial charge is 0.355 e. The van der Waals surface area contributed by atoms with Gasteiger partial charge < -0.3 is 10.2 Å². The molecule has 0 aromatic carbocycles. The van der Waals surface area contributed by atoms with Crippen molar-refractivity contribution in [1.82, 2.24) is 10.2 Å². The van der Waals surface area contributed by atoms with E-state index in [1.807, 2.05) is 0 Å². The quantitative estimate of drug-likeness (QED) is 0.649. The summed E-state index contributed by atoms with van der Waals surface area (Å²) in [6.45, 7) is 0.930. The van der Waals surface area contributed by atoms with Crippen LogP contribution in [0.25, 0.3) is 0 Å². The molecule has 0 spiro atoms. The fourth-order valence-corrected chi connectivity index (χ4v) is 1.71. The van der Waals surface area contributed by atoms with Crippen molar-refractivity contribution in [3.05, 3.63) is 0 Å². The third kappa shape index (κ3) is 4.81. The average Bonchev–Trinajstić information content (AvgIpc) is 2.19. The summed E-state index contributed by atoms with van der Waals surface area (Å²) in [5, 5.41) is 2.82. The first-order chi connectivity index (χ1) is 7.20. The van der Waals surface area contributed by atoms with Gasteiger partial charge >= 0.3 is 0 Å². The van der Waals surface area contributed by atoms with E-state index in [0.717, 1.165) is 38.6 Å². The van der Waals surface area contributed by atoms with Crippen molar-refractivity contribution in [1.29, 1.82) is 0 Å². The van der Waals surface area contributed by atoms with E-state index in [-0.39, 0.29) is 18.4 Å². The monoisotopic (exact) mass is 212 g/mol. The number of nitrogens with one attached hydrogen (secondary N) is 1. The van der Waals surface area contributed by atoms with Crippen LogP contribution in [0.1, 0.15) is 38.5 Å². The van der Waals surface area contributed by atoms with Gasteiger partial charge in [0.2, 0.25) is 11.8 Å². The van der Waals surface area contributed by atoms with Gasteiger partial charge in [-0.2, -0.15) is 0 Å². The molecule has 0 bridgehead atoms. The summed E-state index contributed by atoms with van der Waals surface area (Å²) in [7, 11) is 1.69. The molecule has 0 aromatic heterocycles. The molecule has 1 heterocycles. The standard InChI is InChI=1S/C11H20N2O2/c1-13-9-10(14)12-8-6-4-2-3-5-7-11(13)15/h2-9H2,1H3,(H,12,14). The van der Waals surface area contributed by atoms with Gasteiger partial charge in [-0.15, -0.1) is 0 Å². The van der Waals surface area contributed by atoms with Crippen LogP contribution >= 0.6 is 0 Å². The van der Waals surface area contributed by atoms with E-state index < -0.39 is 0 Å². The molecule has 4 nitrogen and oxygen atoms in total. The van der Waals surface area contributed by atoms with Gasteiger partial charge in [0.1, 0.15) is 0 Å². The summed E-state index contributed by atoms with van der Waals surface area (Å²) in [6, 6.07) is 0. The molecule has 0 unspecified atom stereocenters. The first kappa shape index (κ1) is 12.0. The molecule has 0 atom stereocenters. The zero-order valence-corrected chi connectivity index (χ0v) is 9.42. The predicted molar refractivity (Wildman–Crippen MR) is 58.3 cm³/mol. The fourth-order valence-electron chi connectivity index (χ4n) is 1.71. The van der Waals surface area contributed by atoms with E-state index in [0.29, 0.717) is 6.42 Å². The minimum absolute atomic E-state index is 0.0496. The Kier molecular flexibility index (Phi) is 5.15. The smallest absolute Gasteiger partial charge is 0.239 e. The van der Waals surface area contributed by atoms with E-state index in [9.17, 15) is 9.59 Å². The van der Waals surface area contributed by atoms with Gasteiger partial charge in [0.15, 0.2) is 0 Å². The lowest BCUT2D eigenvalue weighted by atomic mass is 10.1. The van der Waals surface area contributed by atoms with Crippen LogP contribution in [-0.2, 0) is 9.59 Å². The highest BCUT2D eigenvalue weighted by Crippen LogP contribution is 2.07. The molecule has 86 valence electrons. The maximum absolute atomic E-state index is 11.5. The average molecular weight is 212 g/mol. The second-order valence-corrected chi connectivity index (χ2v) is 4.12. The molecule has 4 heteroatoms. The van der Waals surface area contributed by atoms with Crippen LogP contribution < -0.4 is 5.32 Å². The second-order valence-electron chi connectivity index (χ2n) is 4.12. The summed E-state index contributed by atoms with van der Waals surface area (Å²) in [4.78, 5) is 24.4. The summed E-state index contributed by atoms with van der Waals surface area (Å²) >= 11 is 0. The van der Waals surface area contributed by atoms with Crippen molar-refractivity contribution in [2.24, 2.45) is 0 Å². The Morgan fingerprint density at radius 1 is 1.07 bits per heavy atom. The molecule has 1 N–H and O–H groups in total. The van der Waals surface area contributed by atoms with Gasteiger partial charge in [0.25, 0.3) is 0 Å². The summed E-state index contributed by atoms with van der Waals surface area (Å²) in [6.07, 6.45) is 5.99. The fraction of sp³-hybridized carbons (Fsp3) is 0.818. The summed E-state index contributed by atoms with van der Waals surface area (Å²) < 4.78 is 0. The van der Waals surface area contributed by atoms with Crippen LogP contribution in [-0.4, -0.2) is 36.9 Å². The summed E-state index contributed by atoms with van der Waals surface area (Å²) in [5.74, 6) is 0.0251. The van der Waals surface area contributed by atoms with Gasteiger partial charge in [-0.05, 0) is 12.8 Å². The van der Waals surface area contributed by atoms with Crippen molar-refractivity contribution >= 4 is 11.8 Å². The van der Waals surface area contributed by atoms with E-state index >= 15 is 0 Å². The first-order valence-corrected chi connectivity index (χ1v) is 5.71. The molecule has 1 fully saturated rings. The molecule has 1 aliphatic heterocycles. The van der Waals surface area contributed by atoms with Crippen LogP contribution in [0.15, 0.2) is 0 Å². The van der Waals surface area contributed by atoms with Crippen LogP contribution in [0, 0.1) is 0 Å². The van der Waals surface area contributed by atoms with E-state index in [1.165, 1.54) is 4.90 Å². The highest BCUT2D eigenvalue weighted by molar-refractivity contribution is 5.84. The highest BCUT2D eigenvalue weighted by atomic mass is 16.2. The van der Waals surface area contributed by atoms with E-state index in [2.05, 4.69) is 5.32 Å². The van der Waals surface area contributed by atoms with Gasteiger partial charge in [-0.3, -0.25) is 9.59 Å². The zero-order chi connectivity index (χ0) is 11.1. The maximum atomic E-state index is 11.5. The molecule has 0 aliphatic carbocycles. The van der Waals surface area contributed by atoms with Crippen molar-refractivity contribution in [3.8, 4) is 0 Å². The maximum Gasteiger partial charge on any atom is 0.239 e. The lowest BCUT2D eigenvalue weighted by molar-refractivity contribution is -0.134. The minimum atomic E-state index is -0.0496. The Balaban J connectivity index is 2.42. The van der Waals surface area contributed by atoms with Gasteiger partial charge in [0.05, 0.1) is 6.54 Å². The van der Waals surface area contributed by atoms with Gasteiger partial charge in [-0.1, -0.05) is 19.3 Å². The first-order valence-electron chi connectivity index (χ1n) is 5.71. The molecule has 1 saturated heterocycles. The van der Waals surface area contributed by atoms with Crippen LogP contribution in [0.3, 0.4) is 0 Å². The van der Waals surface area contributed by atoms with Crippen molar-refractivity contribution in [2.45, 2.75) is 38.5 Å². The predicted octanol–water partition coefficient (Wildman–Crippen LogP) is 0.915. The van der Waals surface area contributed by atoms with Gasteiger partial charge in [-0.25, -0.2) is 0 Å². The molecular weight excluding hydrogens is 192 g/mol. The lowest BCUT2D eigenvalue weighted by Gasteiger charge is -2.17. The minimum Gasteiger partial charge on any atom is -0.355 e. The second kappa shape index (κ2) is 6.43. The number of hydrogen-bond donors (Lipinski definition) is 1. The highest BCUT2D eigenvalue weighted by Gasteiger charge is 2.12. The molecule has 2 amide bonds. The van der Waals surface area contributed by atoms with Crippen molar-refractivity contribution in [2.75, 3.05) is 20.1 Å². The molecule has 0 radical (unpaired) electrons. The van der Waals surface area contributed by atoms with E-state index in [4.69, 9.17) is 0 Å². The van der Waals surface area contributed by atoms with Crippen molar-refractivity contribution < 1.29 is 9.59 Å². The zero-order valence-electron chi connectivity index (χ0n) is 9.42. The third-order valence-corrected chi connectivity index (χ3v) is 2.70. The third-order valence-electron chi connectivity index (χ3n) is 2.70. The molecule has 15 heavy (non-hydrogen) atoms. The Morgan fingerprint density at radius 2 is 1.73 bits per heavy atom. The normalized spacial score (nSPS) is 21.5. The summed E-state index contributed by atoms with van der Waals surface area (Å²) in [5.41, 5.74) is 0. The Hall–Kier alpha value is -1.06. The molecule has 0 aromatic rings. The van der Waals surface area contributed by atoms with E-state index in [1.54, 1.807) is 7.05 Å². The van der Waals surface area contributed by atoms with Gasteiger partial charge in [0, 0.05) is 20.0 Å². The number of rotatable bonds is 0. The van der Waals surface area contributed by atoms with Crippen LogP contribution in [0.4, 0.5) is 0 Å². The Bertz CT molecular complexity index is 229. The molecule has 1 rings (SSSR count). The number of likely N-dealkylation sites (N-methyl/N-ethyl adjacent to an activating group) is 1. The number of hydrogen-bond acceptors (Lipinski definition) is 2. The topological polar surface area (TPSA) is 49.4 Å². The van der Waals surface area contributed by atoms with Crippen molar-refractivity contribution in [3.63, 3.8) is 0 Å². The SMILES string of the molecule is CN1CC(=O)NCCCCCCCC1=O. The molecular formula is C11H20N2O2. The number of nitrogens with zero attached hydrogens (tertiary/aromatic N) is 1. The number of carbonyl (C=O) groups is 2. The molecule has 1 aliphatic rings. The Labute approximate surface area is 91.0 Å². The number of carbonyl (C=O) groups excluding carboxylic acids is 2. The van der Waals surface area contributed by atoms with Crippen LogP contribution in [0.5, 0.6) is 0 Å². The van der Waals surface area contributed by atoms with Crippen LogP contribution in [0.2, 0.25) is 0 Å². The Morgan fingerprint density at radius 3 is 2.53 bits per heavy atom. The molecule has 0 saturated carbocycles.